The van der Waals surface area contributed by atoms with Crippen LogP contribution in [-0.4, -0.2) is 29.1 Å². The van der Waals surface area contributed by atoms with Gasteiger partial charge in [-0.05, 0) is 43.9 Å². The molecule has 6 nitrogen and oxygen atoms in total. The number of amides is 1. The van der Waals surface area contributed by atoms with Crippen molar-refractivity contribution >= 4 is 23.3 Å². The molecule has 1 aliphatic rings. The zero-order chi connectivity index (χ0) is 15.4. The van der Waals surface area contributed by atoms with Crippen molar-refractivity contribution in [3.8, 4) is 5.75 Å². The molecule has 1 fully saturated rings. The van der Waals surface area contributed by atoms with Crippen LogP contribution in [0.1, 0.15) is 19.8 Å². The van der Waals surface area contributed by atoms with Crippen molar-refractivity contribution in [3.63, 3.8) is 0 Å². The zero-order valence-corrected chi connectivity index (χ0v) is 12.4. The van der Waals surface area contributed by atoms with Crippen LogP contribution in [0.25, 0.3) is 0 Å². The number of rotatable bonds is 6. The van der Waals surface area contributed by atoms with E-state index in [1.807, 2.05) is 0 Å². The van der Waals surface area contributed by atoms with Crippen molar-refractivity contribution in [1.29, 1.82) is 0 Å². The molecule has 0 radical (unpaired) electrons. The van der Waals surface area contributed by atoms with Gasteiger partial charge in [-0.2, -0.15) is 0 Å². The molecular weight excluding hydrogens is 294 g/mol. The summed E-state index contributed by atoms with van der Waals surface area (Å²) >= 11 is 5.86. The van der Waals surface area contributed by atoms with E-state index in [1.165, 1.54) is 0 Å². The smallest absolute Gasteiger partial charge is 0.261 e. The number of amidine groups is 1. The Hall–Kier alpha value is -1.95. The summed E-state index contributed by atoms with van der Waals surface area (Å²) in [5.74, 6) is 0.430. The van der Waals surface area contributed by atoms with Crippen LogP contribution in [0.2, 0.25) is 5.02 Å². The molecule has 0 spiro atoms. The first-order valence-electron chi connectivity index (χ1n) is 6.71. The Morgan fingerprint density at radius 2 is 2.29 bits per heavy atom. The summed E-state index contributed by atoms with van der Waals surface area (Å²) in [6.07, 6.45) is 1.19. The Morgan fingerprint density at radius 1 is 1.57 bits per heavy atom. The number of nitrogens with zero attached hydrogens (tertiary/aromatic N) is 1. The zero-order valence-electron chi connectivity index (χ0n) is 11.6. The summed E-state index contributed by atoms with van der Waals surface area (Å²) in [5, 5.41) is 15.0. The molecule has 114 valence electrons. The topological polar surface area (TPSA) is 96.9 Å². The highest BCUT2D eigenvalue weighted by atomic mass is 35.5. The van der Waals surface area contributed by atoms with Gasteiger partial charge >= 0.3 is 0 Å². The van der Waals surface area contributed by atoms with Gasteiger partial charge in [-0.3, -0.25) is 4.79 Å². The van der Waals surface area contributed by atoms with Crippen LogP contribution in [0.15, 0.2) is 29.4 Å². The van der Waals surface area contributed by atoms with E-state index in [0.717, 1.165) is 12.8 Å². The second kappa shape index (κ2) is 6.67. The van der Waals surface area contributed by atoms with Gasteiger partial charge in [-0.1, -0.05) is 22.8 Å². The fraction of sp³-hybridized carbons (Fsp3) is 0.429. The maximum atomic E-state index is 12.1. The van der Waals surface area contributed by atoms with E-state index in [0.29, 0.717) is 10.8 Å². The third-order valence-corrected chi connectivity index (χ3v) is 3.54. The second-order valence-electron chi connectivity index (χ2n) is 5.07. The number of carbonyl (C=O) groups is 1. The number of ether oxygens (including phenoxy) is 1. The average molecular weight is 312 g/mol. The fourth-order valence-corrected chi connectivity index (χ4v) is 2.17. The van der Waals surface area contributed by atoms with Gasteiger partial charge in [0.2, 0.25) is 0 Å². The number of oxime groups is 1. The van der Waals surface area contributed by atoms with Crippen LogP contribution >= 0.6 is 11.6 Å². The van der Waals surface area contributed by atoms with E-state index in [4.69, 9.17) is 27.3 Å². The van der Waals surface area contributed by atoms with Gasteiger partial charge in [0.25, 0.3) is 5.91 Å². The first-order chi connectivity index (χ1) is 10.0. The predicted octanol–water partition coefficient (Wildman–Crippen LogP) is 1.75. The summed E-state index contributed by atoms with van der Waals surface area (Å²) in [5.41, 5.74) is 5.61. The lowest BCUT2D eigenvalue weighted by Crippen LogP contribution is -2.50. The summed E-state index contributed by atoms with van der Waals surface area (Å²) < 4.78 is 5.53. The quantitative estimate of drug-likeness (QED) is 0.323. The molecule has 1 aliphatic carbocycles. The number of benzene rings is 1. The van der Waals surface area contributed by atoms with Gasteiger partial charge in [-0.15, -0.1) is 0 Å². The highest BCUT2D eigenvalue weighted by Crippen LogP contribution is 2.32. The molecule has 7 heteroatoms. The van der Waals surface area contributed by atoms with E-state index < -0.39 is 12.1 Å². The number of nitrogens with two attached hydrogens (primary N) is 1. The molecule has 1 amide bonds. The third kappa shape index (κ3) is 4.26. The molecule has 1 aromatic carbocycles. The van der Waals surface area contributed by atoms with Gasteiger partial charge in [0.15, 0.2) is 11.9 Å². The van der Waals surface area contributed by atoms with E-state index in [-0.39, 0.29) is 17.7 Å². The largest absolute Gasteiger partial charge is 0.481 e. The van der Waals surface area contributed by atoms with Gasteiger partial charge in [0, 0.05) is 5.02 Å². The lowest BCUT2D eigenvalue weighted by molar-refractivity contribution is -0.127. The first kappa shape index (κ1) is 15.4. The Bertz CT molecular complexity index is 546. The summed E-state index contributed by atoms with van der Waals surface area (Å²) in [6, 6.07) is 6.37. The molecule has 0 aromatic heterocycles. The number of carbonyl (C=O) groups excluding carboxylic acids is 1. The number of halogens is 1. The van der Waals surface area contributed by atoms with Crippen LogP contribution in [0.4, 0.5) is 0 Å². The maximum Gasteiger partial charge on any atom is 0.261 e. The second-order valence-corrected chi connectivity index (χ2v) is 5.50. The van der Waals surface area contributed by atoms with Crippen molar-refractivity contribution in [2.75, 3.05) is 0 Å². The molecule has 2 rings (SSSR count). The molecule has 4 N–H and O–H groups in total. The summed E-state index contributed by atoms with van der Waals surface area (Å²) in [7, 11) is 0. The number of hydrogen-bond acceptors (Lipinski definition) is 4. The Kier molecular flexibility index (Phi) is 4.90. The monoisotopic (exact) mass is 311 g/mol. The lowest BCUT2D eigenvalue weighted by atomic mass is 10.1. The van der Waals surface area contributed by atoms with E-state index in [2.05, 4.69) is 10.5 Å². The molecule has 0 heterocycles. The lowest BCUT2D eigenvalue weighted by Gasteiger charge is -2.20. The standard InChI is InChI=1S/C14H18ClN3O3/c1-8(21-11-4-2-3-10(15)7-11)14(19)17-12(9-5-6-9)13(16)18-20/h2-4,7-9,12,20H,5-6H2,1H3,(H2,16,18)(H,17,19). The van der Waals surface area contributed by atoms with Crippen molar-refractivity contribution in [3.05, 3.63) is 29.3 Å². The molecule has 21 heavy (non-hydrogen) atoms. The van der Waals surface area contributed by atoms with Crippen molar-refractivity contribution in [2.45, 2.75) is 31.9 Å². The Labute approximate surface area is 127 Å². The van der Waals surface area contributed by atoms with Crippen molar-refractivity contribution < 1.29 is 14.7 Å². The summed E-state index contributed by atoms with van der Waals surface area (Å²) in [4.78, 5) is 12.1. The van der Waals surface area contributed by atoms with Gasteiger partial charge in [0.1, 0.15) is 5.75 Å². The van der Waals surface area contributed by atoms with Crippen molar-refractivity contribution in [1.82, 2.24) is 5.32 Å². The van der Waals surface area contributed by atoms with Crippen LogP contribution < -0.4 is 15.8 Å². The minimum atomic E-state index is -0.712. The Balaban J connectivity index is 1.95. The molecule has 2 unspecified atom stereocenters. The van der Waals surface area contributed by atoms with Crippen LogP contribution in [0, 0.1) is 5.92 Å². The van der Waals surface area contributed by atoms with Gasteiger partial charge < -0.3 is 21.0 Å². The molecule has 0 saturated heterocycles. The molecule has 0 aliphatic heterocycles. The van der Waals surface area contributed by atoms with Crippen LogP contribution in [0.5, 0.6) is 5.75 Å². The minimum Gasteiger partial charge on any atom is -0.481 e. The van der Waals surface area contributed by atoms with E-state index >= 15 is 0 Å². The van der Waals surface area contributed by atoms with Crippen LogP contribution in [-0.2, 0) is 4.79 Å². The molecule has 2 atom stereocenters. The third-order valence-electron chi connectivity index (χ3n) is 3.30. The Morgan fingerprint density at radius 3 is 2.86 bits per heavy atom. The fourth-order valence-electron chi connectivity index (χ4n) is 1.99. The molecule has 0 bridgehead atoms. The van der Waals surface area contributed by atoms with Crippen LogP contribution in [0.3, 0.4) is 0 Å². The maximum absolute atomic E-state index is 12.1. The molecule has 1 aromatic rings. The van der Waals surface area contributed by atoms with E-state index in [1.54, 1.807) is 31.2 Å². The normalized spacial score (nSPS) is 17.9. The first-order valence-corrected chi connectivity index (χ1v) is 7.09. The number of nitrogens with one attached hydrogen (secondary N) is 1. The average Bonchev–Trinajstić information content (AvgIpc) is 3.28. The molecular formula is C14H18ClN3O3. The highest BCUT2D eigenvalue weighted by Gasteiger charge is 2.36. The highest BCUT2D eigenvalue weighted by molar-refractivity contribution is 6.30. The van der Waals surface area contributed by atoms with E-state index in [9.17, 15) is 4.79 Å². The minimum absolute atomic E-state index is 0.0146. The van der Waals surface area contributed by atoms with Gasteiger partial charge in [-0.25, -0.2) is 0 Å². The number of hydrogen-bond donors (Lipinski definition) is 3. The van der Waals surface area contributed by atoms with Crippen molar-refractivity contribution in [2.24, 2.45) is 16.8 Å². The molecule has 1 saturated carbocycles. The SMILES string of the molecule is CC(Oc1cccc(Cl)c1)C(=O)NC(C(N)=NO)C1CC1. The predicted molar refractivity (Wildman–Crippen MR) is 79.6 cm³/mol. The summed E-state index contributed by atoms with van der Waals surface area (Å²) in [6.45, 7) is 1.63. The van der Waals surface area contributed by atoms with Gasteiger partial charge in [0.05, 0.1) is 6.04 Å².